The zero-order valence-electron chi connectivity index (χ0n) is 24.9. The van der Waals surface area contributed by atoms with Crippen LogP contribution in [-0.4, -0.2) is 49.8 Å². The van der Waals surface area contributed by atoms with Crippen LogP contribution < -0.4 is 30.0 Å². The summed E-state index contributed by atoms with van der Waals surface area (Å²) in [6.45, 7) is 0.212. The van der Waals surface area contributed by atoms with E-state index in [0.29, 0.717) is 40.6 Å². The van der Waals surface area contributed by atoms with Crippen molar-refractivity contribution in [2.75, 3.05) is 26.1 Å². The molecule has 1 unspecified atom stereocenters. The number of hydrogen-bond donors (Lipinski definition) is 2. The summed E-state index contributed by atoms with van der Waals surface area (Å²) in [5, 5.41) is 3.62. The van der Waals surface area contributed by atoms with E-state index >= 15 is 0 Å². The highest BCUT2D eigenvalue weighted by molar-refractivity contribution is 5.92. The van der Waals surface area contributed by atoms with Gasteiger partial charge in [0.05, 0.1) is 32.8 Å². The fourth-order valence-electron chi connectivity index (χ4n) is 5.03. The number of rotatable bonds is 13. The molecule has 0 spiro atoms. The first-order valence-electron chi connectivity index (χ1n) is 14.7. The fourth-order valence-corrected chi connectivity index (χ4v) is 5.03. The molecule has 1 amide bonds. The fraction of sp³-hybridized carbons (Fsp3) is 0.324. The number of benzene rings is 3. The second kappa shape index (κ2) is 14.6. The standard InChI is InChI=1S/C34H37N3O7/c1-40-24-13-9-23(10-14-24)37-33(38)19-22-7-11-26(12-8-22)43-30-15-17-36-29-21-32(31(41-2)20-27(29)30)42-18-16-28(35)34(39)44-25-5-3-4-6-25/h7-15,17,20-21,25,28H,3-6,16,18-19,35H2,1-2H3,(H,37,38). The van der Waals surface area contributed by atoms with Crippen LogP contribution in [0.3, 0.4) is 0 Å². The van der Waals surface area contributed by atoms with Crippen LogP contribution in [0.5, 0.6) is 28.7 Å². The Kier molecular flexibility index (Phi) is 10.1. The smallest absolute Gasteiger partial charge is 0.323 e. The van der Waals surface area contributed by atoms with Gasteiger partial charge in [0.2, 0.25) is 5.91 Å². The third-order valence-electron chi connectivity index (χ3n) is 7.45. The van der Waals surface area contributed by atoms with Crippen molar-refractivity contribution in [3.05, 3.63) is 78.5 Å². The molecule has 0 bridgehead atoms. The minimum Gasteiger partial charge on any atom is -0.497 e. The number of ether oxygens (including phenoxy) is 5. The highest BCUT2D eigenvalue weighted by Gasteiger charge is 2.23. The first-order chi connectivity index (χ1) is 21.4. The van der Waals surface area contributed by atoms with Crippen molar-refractivity contribution in [2.45, 2.75) is 50.7 Å². The van der Waals surface area contributed by atoms with Crippen LogP contribution in [0, 0.1) is 0 Å². The molecule has 10 nitrogen and oxygen atoms in total. The maximum absolute atomic E-state index is 12.5. The Balaban J connectivity index is 1.19. The Morgan fingerprint density at radius 3 is 2.34 bits per heavy atom. The van der Waals surface area contributed by atoms with E-state index in [1.807, 2.05) is 24.3 Å². The quantitative estimate of drug-likeness (QED) is 0.183. The summed E-state index contributed by atoms with van der Waals surface area (Å²) in [5.41, 5.74) is 8.24. The Bertz CT molecular complexity index is 1570. The van der Waals surface area contributed by atoms with E-state index in [2.05, 4.69) is 10.3 Å². The minimum atomic E-state index is -0.755. The number of fused-ring (bicyclic) bond motifs is 1. The van der Waals surface area contributed by atoms with E-state index in [9.17, 15) is 9.59 Å². The van der Waals surface area contributed by atoms with Crippen molar-refractivity contribution < 1.29 is 33.3 Å². The van der Waals surface area contributed by atoms with Gasteiger partial charge in [-0.25, -0.2) is 0 Å². The molecule has 3 N–H and O–H groups in total. The highest BCUT2D eigenvalue weighted by atomic mass is 16.5. The van der Waals surface area contributed by atoms with Gasteiger partial charge < -0.3 is 34.7 Å². The molecule has 1 atom stereocenters. The van der Waals surface area contributed by atoms with Gasteiger partial charge in [-0.05, 0) is 79.8 Å². The number of hydrogen-bond acceptors (Lipinski definition) is 9. The van der Waals surface area contributed by atoms with Gasteiger partial charge in [0.15, 0.2) is 11.5 Å². The molecule has 1 aliphatic rings. The first-order valence-corrected chi connectivity index (χ1v) is 14.7. The monoisotopic (exact) mass is 599 g/mol. The molecule has 0 radical (unpaired) electrons. The molecule has 5 rings (SSSR count). The predicted molar refractivity (Wildman–Crippen MR) is 167 cm³/mol. The SMILES string of the molecule is COc1ccc(NC(=O)Cc2ccc(Oc3ccnc4cc(OCCC(N)C(=O)OC5CCCC5)c(OC)cc34)cc2)cc1. The summed E-state index contributed by atoms with van der Waals surface area (Å²) in [5.74, 6) is 2.38. The molecule has 1 saturated carbocycles. The van der Waals surface area contributed by atoms with Gasteiger partial charge in [-0.1, -0.05) is 12.1 Å². The molecule has 10 heteroatoms. The number of methoxy groups -OCH3 is 2. The minimum absolute atomic E-state index is 0.0206. The Hall–Kier alpha value is -4.83. The van der Waals surface area contributed by atoms with Gasteiger partial charge in [0.25, 0.3) is 0 Å². The van der Waals surface area contributed by atoms with Crippen LogP contribution in [0.4, 0.5) is 5.69 Å². The summed E-state index contributed by atoms with van der Waals surface area (Å²) in [6.07, 6.45) is 6.12. The molecule has 3 aromatic carbocycles. The number of nitrogens with one attached hydrogen (secondary N) is 1. The van der Waals surface area contributed by atoms with Crippen LogP contribution in [0.15, 0.2) is 72.9 Å². The third-order valence-corrected chi connectivity index (χ3v) is 7.45. The van der Waals surface area contributed by atoms with Crippen LogP contribution in [-0.2, 0) is 20.7 Å². The van der Waals surface area contributed by atoms with Gasteiger partial charge >= 0.3 is 5.97 Å². The van der Waals surface area contributed by atoms with Gasteiger partial charge in [-0.15, -0.1) is 0 Å². The van der Waals surface area contributed by atoms with Crippen molar-refractivity contribution in [1.29, 1.82) is 0 Å². The van der Waals surface area contributed by atoms with Gasteiger partial charge in [0, 0.05) is 29.8 Å². The second-order valence-electron chi connectivity index (χ2n) is 10.6. The highest BCUT2D eigenvalue weighted by Crippen LogP contribution is 2.37. The zero-order valence-corrected chi connectivity index (χ0v) is 24.9. The number of anilines is 1. The van der Waals surface area contributed by atoms with Gasteiger partial charge in [-0.2, -0.15) is 0 Å². The van der Waals surface area contributed by atoms with E-state index in [4.69, 9.17) is 29.4 Å². The van der Waals surface area contributed by atoms with Crippen LogP contribution in [0.1, 0.15) is 37.7 Å². The summed E-state index contributed by atoms with van der Waals surface area (Å²) in [6, 6.07) is 19.1. The summed E-state index contributed by atoms with van der Waals surface area (Å²) < 4.78 is 28.4. The van der Waals surface area contributed by atoms with Gasteiger partial charge in [-0.3, -0.25) is 14.6 Å². The normalized spacial score (nSPS) is 13.7. The van der Waals surface area contributed by atoms with Crippen molar-refractivity contribution in [3.8, 4) is 28.7 Å². The van der Waals surface area contributed by atoms with Gasteiger partial charge in [0.1, 0.15) is 29.4 Å². The molecule has 1 aliphatic carbocycles. The molecule has 230 valence electrons. The molecule has 1 heterocycles. The average Bonchev–Trinajstić information content (AvgIpc) is 3.55. The number of pyridine rings is 1. The Morgan fingerprint density at radius 1 is 0.909 bits per heavy atom. The molecule has 44 heavy (non-hydrogen) atoms. The van der Waals surface area contributed by atoms with Crippen molar-refractivity contribution >= 4 is 28.5 Å². The maximum atomic E-state index is 12.5. The molecule has 0 saturated heterocycles. The van der Waals surface area contributed by atoms with Crippen LogP contribution in [0.2, 0.25) is 0 Å². The number of carbonyl (C=O) groups is 2. The number of carbonyl (C=O) groups excluding carboxylic acids is 2. The zero-order chi connectivity index (χ0) is 30.9. The van der Waals surface area contributed by atoms with E-state index in [1.54, 1.807) is 62.9 Å². The molecule has 1 aromatic heterocycles. The maximum Gasteiger partial charge on any atom is 0.323 e. The Morgan fingerprint density at radius 2 is 1.64 bits per heavy atom. The Labute approximate surface area is 256 Å². The lowest BCUT2D eigenvalue weighted by atomic mass is 10.1. The largest absolute Gasteiger partial charge is 0.497 e. The van der Waals surface area contributed by atoms with E-state index in [1.165, 1.54) is 0 Å². The van der Waals surface area contributed by atoms with Crippen molar-refractivity contribution in [1.82, 2.24) is 4.98 Å². The molecular formula is C34H37N3O7. The lowest BCUT2D eigenvalue weighted by Crippen LogP contribution is -2.35. The van der Waals surface area contributed by atoms with Crippen LogP contribution >= 0.6 is 0 Å². The lowest BCUT2D eigenvalue weighted by Gasteiger charge is -2.17. The number of nitrogens with two attached hydrogens (primary N) is 1. The summed E-state index contributed by atoms with van der Waals surface area (Å²) in [7, 11) is 3.15. The number of aromatic nitrogens is 1. The van der Waals surface area contributed by atoms with E-state index in [-0.39, 0.29) is 31.0 Å². The number of amides is 1. The topological polar surface area (TPSA) is 131 Å². The molecule has 1 fully saturated rings. The summed E-state index contributed by atoms with van der Waals surface area (Å²) in [4.78, 5) is 29.3. The molecule has 4 aromatic rings. The van der Waals surface area contributed by atoms with Crippen molar-refractivity contribution in [3.63, 3.8) is 0 Å². The summed E-state index contributed by atoms with van der Waals surface area (Å²) >= 11 is 0. The third kappa shape index (κ3) is 7.96. The molecular weight excluding hydrogens is 562 g/mol. The second-order valence-corrected chi connectivity index (χ2v) is 10.6. The predicted octanol–water partition coefficient (Wildman–Crippen LogP) is 5.81. The van der Waals surface area contributed by atoms with E-state index in [0.717, 1.165) is 42.4 Å². The van der Waals surface area contributed by atoms with Crippen LogP contribution in [0.25, 0.3) is 10.9 Å². The molecule has 0 aliphatic heterocycles. The van der Waals surface area contributed by atoms with E-state index < -0.39 is 6.04 Å². The van der Waals surface area contributed by atoms with Crippen molar-refractivity contribution in [2.24, 2.45) is 5.73 Å². The average molecular weight is 600 g/mol. The lowest BCUT2D eigenvalue weighted by molar-refractivity contribution is -0.150. The number of esters is 1. The first kappa shape index (κ1) is 30.6. The number of nitrogens with zero attached hydrogens (tertiary/aromatic N) is 1.